The summed E-state index contributed by atoms with van der Waals surface area (Å²) in [4.78, 5) is 12.0. The van der Waals surface area contributed by atoms with Crippen LogP contribution in [0.3, 0.4) is 0 Å². The minimum absolute atomic E-state index is 0.116. The molecule has 1 aromatic heterocycles. The summed E-state index contributed by atoms with van der Waals surface area (Å²) >= 11 is 1.53. The van der Waals surface area contributed by atoms with Crippen LogP contribution in [0.5, 0.6) is 0 Å². The molecule has 0 saturated heterocycles. The second-order valence-electron chi connectivity index (χ2n) is 4.77. The zero-order chi connectivity index (χ0) is 14.5. The van der Waals surface area contributed by atoms with Crippen LogP contribution in [0.2, 0.25) is 0 Å². The number of hydrogen-bond donors (Lipinski definition) is 2. The molecule has 106 valence electrons. The van der Waals surface area contributed by atoms with Crippen molar-refractivity contribution in [3.63, 3.8) is 0 Å². The van der Waals surface area contributed by atoms with Gasteiger partial charge in [0.05, 0.1) is 6.54 Å². The molecule has 0 aliphatic rings. The standard InChI is InChI=1S/C14H18N4OS/c1-9(2)14-18-17-12(20-14)8-16-13(19)11-5-3-10(7-15)4-6-11/h3-6,9H,7-8,15H2,1-2H3,(H,16,19). The van der Waals surface area contributed by atoms with E-state index in [0.717, 1.165) is 15.6 Å². The van der Waals surface area contributed by atoms with Crippen LogP contribution >= 0.6 is 11.3 Å². The molecule has 0 atom stereocenters. The Morgan fingerprint density at radius 2 is 2.00 bits per heavy atom. The Labute approximate surface area is 122 Å². The van der Waals surface area contributed by atoms with Crippen molar-refractivity contribution in [2.75, 3.05) is 0 Å². The molecule has 1 heterocycles. The van der Waals surface area contributed by atoms with Gasteiger partial charge in [-0.05, 0) is 17.7 Å². The predicted molar refractivity (Wildman–Crippen MR) is 79.5 cm³/mol. The zero-order valence-corrected chi connectivity index (χ0v) is 12.4. The molecule has 0 fully saturated rings. The Balaban J connectivity index is 1.93. The number of aromatic nitrogens is 2. The van der Waals surface area contributed by atoms with Gasteiger partial charge >= 0.3 is 0 Å². The van der Waals surface area contributed by atoms with Gasteiger partial charge in [-0.2, -0.15) is 0 Å². The molecule has 0 aliphatic heterocycles. The molecule has 0 unspecified atom stereocenters. The van der Waals surface area contributed by atoms with Crippen molar-refractivity contribution in [2.24, 2.45) is 5.73 Å². The maximum absolute atomic E-state index is 12.0. The first-order valence-electron chi connectivity index (χ1n) is 6.49. The second-order valence-corrected chi connectivity index (χ2v) is 5.87. The van der Waals surface area contributed by atoms with Gasteiger partial charge in [0.25, 0.3) is 5.91 Å². The van der Waals surface area contributed by atoms with Gasteiger partial charge in [0.15, 0.2) is 0 Å². The molecule has 20 heavy (non-hydrogen) atoms. The fourth-order valence-electron chi connectivity index (χ4n) is 1.62. The van der Waals surface area contributed by atoms with Gasteiger partial charge in [-0.15, -0.1) is 10.2 Å². The minimum Gasteiger partial charge on any atom is -0.345 e. The van der Waals surface area contributed by atoms with Gasteiger partial charge in [0.1, 0.15) is 10.0 Å². The van der Waals surface area contributed by atoms with Crippen molar-refractivity contribution < 1.29 is 4.79 Å². The number of amides is 1. The topological polar surface area (TPSA) is 80.9 Å². The first kappa shape index (κ1) is 14.6. The van der Waals surface area contributed by atoms with Crippen LogP contribution in [0.25, 0.3) is 0 Å². The van der Waals surface area contributed by atoms with E-state index in [1.165, 1.54) is 11.3 Å². The maximum Gasteiger partial charge on any atom is 0.251 e. The molecule has 1 aromatic carbocycles. The first-order valence-corrected chi connectivity index (χ1v) is 7.31. The molecule has 5 nitrogen and oxygen atoms in total. The van der Waals surface area contributed by atoms with Crippen molar-refractivity contribution in [3.05, 3.63) is 45.4 Å². The Kier molecular flexibility index (Phi) is 4.81. The monoisotopic (exact) mass is 290 g/mol. The van der Waals surface area contributed by atoms with Crippen molar-refractivity contribution in [2.45, 2.75) is 32.9 Å². The largest absolute Gasteiger partial charge is 0.345 e. The zero-order valence-electron chi connectivity index (χ0n) is 11.6. The van der Waals surface area contributed by atoms with Gasteiger partial charge in [-0.25, -0.2) is 0 Å². The van der Waals surface area contributed by atoms with Crippen molar-refractivity contribution in [3.8, 4) is 0 Å². The van der Waals surface area contributed by atoms with Crippen molar-refractivity contribution in [1.82, 2.24) is 15.5 Å². The lowest BCUT2D eigenvalue weighted by atomic mass is 10.1. The maximum atomic E-state index is 12.0. The summed E-state index contributed by atoms with van der Waals surface area (Å²) in [7, 11) is 0. The van der Waals surface area contributed by atoms with Crippen LogP contribution in [0.15, 0.2) is 24.3 Å². The molecule has 2 aromatic rings. The number of carbonyl (C=O) groups excluding carboxylic acids is 1. The summed E-state index contributed by atoms with van der Waals surface area (Å²) in [5, 5.41) is 12.8. The molecule has 1 amide bonds. The van der Waals surface area contributed by atoms with E-state index in [4.69, 9.17) is 5.73 Å². The van der Waals surface area contributed by atoms with Gasteiger partial charge < -0.3 is 11.1 Å². The number of hydrogen-bond acceptors (Lipinski definition) is 5. The normalized spacial score (nSPS) is 10.8. The molecule has 0 spiro atoms. The summed E-state index contributed by atoms with van der Waals surface area (Å²) in [5.74, 6) is 0.246. The Morgan fingerprint density at radius 3 is 2.55 bits per heavy atom. The predicted octanol–water partition coefficient (Wildman–Crippen LogP) is 2.05. The summed E-state index contributed by atoms with van der Waals surface area (Å²) in [6, 6.07) is 7.27. The van der Waals surface area contributed by atoms with Gasteiger partial charge in [-0.3, -0.25) is 4.79 Å². The van der Waals surface area contributed by atoms with Crippen LogP contribution in [0.1, 0.15) is 45.7 Å². The number of carbonyl (C=O) groups is 1. The van der Waals surface area contributed by atoms with E-state index < -0.39 is 0 Å². The van der Waals surface area contributed by atoms with E-state index in [1.54, 1.807) is 12.1 Å². The molecule has 0 bridgehead atoms. The fraction of sp³-hybridized carbons (Fsp3) is 0.357. The Hall–Kier alpha value is -1.79. The molecular weight excluding hydrogens is 272 g/mol. The highest BCUT2D eigenvalue weighted by Crippen LogP contribution is 2.18. The Morgan fingerprint density at radius 1 is 1.30 bits per heavy atom. The summed E-state index contributed by atoms with van der Waals surface area (Å²) < 4.78 is 0. The van der Waals surface area contributed by atoms with Gasteiger partial charge in [0, 0.05) is 18.0 Å². The highest BCUT2D eigenvalue weighted by Gasteiger charge is 2.10. The van der Waals surface area contributed by atoms with E-state index >= 15 is 0 Å². The van der Waals surface area contributed by atoms with Crippen molar-refractivity contribution in [1.29, 1.82) is 0 Å². The van der Waals surface area contributed by atoms with Crippen LogP contribution in [0.4, 0.5) is 0 Å². The van der Waals surface area contributed by atoms with E-state index in [2.05, 4.69) is 29.4 Å². The SMILES string of the molecule is CC(C)c1nnc(CNC(=O)c2ccc(CN)cc2)s1. The van der Waals surface area contributed by atoms with Crippen molar-refractivity contribution >= 4 is 17.2 Å². The lowest BCUT2D eigenvalue weighted by molar-refractivity contribution is 0.0951. The molecule has 0 saturated carbocycles. The average Bonchev–Trinajstić information content (AvgIpc) is 2.94. The quantitative estimate of drug-likeness (QED) is 0.883. The third-order valence-electron chi connectivity index (χ3n) is 2.83. The number of rotatable bonds is 5. The molecule has 0 aliphatic carbocycles. The van der Waals surface area contributed by atoms with Crippen LogP contribution in [-0.2, 0) is 13.1 Å². The number of benzene rings is 1. The molecule has 6 heteroatoms. The fourth-order valence-corrected chi connectivity index (χ4v) is 2.41. The number of nitrogens with two attached hydrogens (primary N) is 1. The average molecular weight is 290 g/mol. The third-order valence-corrected chi connectivity index (χ3v) is 4.05. The highest BCUT2D eigenvalue weighted by molar-refractivity contribution is 7.11. The molecule has 0 radical (unpaired) electrons. The van der Waals surface area contributed by atoms with Crippen LogP contribution in [-0.4, -0.2) is 16.1 Å². The second kappa shape index (κ2) is 6.58. The smallest absolute Gasteiger partial charge is 0.251 e. The third kappa shape index (κ3) is 3.61. The van der Waals surface area contributed by atoms with Crippen LogP contribution < -0.4 is 11.1 Å². The molecule has 3 N–H and O–H groups in total. The van der Waals surface area contributed by atoms with Gasteiger partial charge in [-0.1, -0.05) is 37.3 Å². The number of nitrogens with zero attached hydrogens (tertiary/aromatic N) is 2. The number of nitrogens with one attached hydrogen (secondary N) is 1. The lowest BCUT2D eigenvalue weighted by Gasteiger charge is -2.03. The summed E-state index contributed by atoms with van der Waals surface area (Å²) in [5.41, 5.74) is 7.15. The van der Waals surface area contributed by atoms with E-state index in [1.807, 2.05) is 12.1 Å². The van der Waals surface area contributed by atoms with E-state index in [-0.39, 0.29) is 5.91 Å². The summed E-state index contributed by atoms with van der Waals surface area (Å²) in [6.45, 7) is 5.02. The minimum atomic E-state index is -0.116. The van der Waals surface area contributed by atoms with Gasteiger partial charge in [0.2, 0.25) is 0 Å². The van der Waals surface area contributed by atoms with E-state index in [9.17, 15) is 4.79 Å². The van der Waals surface area contributed by atoms with Crippen LogP contribution in [0, 0.1) is 0 Å². The van der Waals surface area contributed by atoms with E-state index in [0.29, 0.717) is 24.6 Å². The lowest BCUT2D eigenvalue weighted by Crippen LogP contribution is -2.22. The highest BCUT2D eigenvalue weighted by atomic mass is 32.1. The summed E-state index contributed by atoms with van der Waals surface area (Å²) in [6.07, 6.45) is 0. The molecule has 2 rings (SSSR count). The molecular formula is C14H18N4OS. The first-order chi connectivity index (χ1) is 9.60. The Bertz CT molecular complexity index is 577.